The molecule has 2 N–H and O–H groups in total. The highest BCUT2D eigenvalue weighted by atomic mass is 16.5. The molecule has 0 aliphatic rings. The van der Waals surface area contributed by atoms with Crippen molar-refractivity contribution in [3.05, 3.63) is 53.1 Å². The summed E-state index contributed by atoms with van der Waals surface area (Å²) in [5, 5.41) is 14.4. The number of benzene rings is 2. The maximum absolute atomic E-state index is 12.2. The van der Waals surface area contributed by atoms with Crippen LogP contribution in [0.4, 0.5) is 0 Å². The van der Waals surface area contributed by atoms with Gasteiger partial charge in [-0.3, -0.25) is 4.79 Å². The zero-order valence-corrected chi connectivity index (χ0v) is 14.1. The monoisotopic (exact) mass is 328 g/mol. The van der Waals surface area contributed by atoms with Crippen LogP contribution in [-0.2, 0) is 0 Å². The van der Waals surface area contributed by atoms with E-state index in [1.807, 2.05) is 19.1 Å². The molecular weight excluding hydrogens is 308 g/mol. The minimum absolute atomic E-state index is 0.0942. The number of nitrogens with one attached hydrogen (secondary N) is 1. The van der Waals surface area contributed by atoms with Crippen LogP contribution in [0.1, 0.15) is 28.4 Å². The second kappa shape index (κ2) is 7.50. The number of hydrogen-bond acceptors (Lipinski definition) is 5. The first kappa shape index (κ1) is 17.3. The summed E-state index contributed by atoms with van der Waals surface area (Å²) >= 11 is 0. The number of hydrogen-bond donors (Lipinski definition) is 2. The lowest BCUT2D eigenvalue weighted by Gasteiger charge is -2.12. The number of ether oxygens (including phenoxy) is 2. The number of carbonyl (C=O) groups excluding carboxylic acids is 1. The summed E-state index contributed by atoms with van der Waals surface area (Å²) in [4.78, 5) is 12.2. The summed E-state index contributed by atoms with van der Waals surface area (Å²) in [6.45, 7) is 3.53. The molecule has 6 nitrogen and oxygen atoms in total. The highest BCUT2D eigenvalue weighted by Crippen LogP contribution is 2.39. The quantitative estimate of drug-likeness (QED) is 0.653. The van der Waals surface area contributed by atoms with E-state index in [-0.39, 0.29) is 17.4 Å². The highest BCUT2D eigenvalue weighted by Gasteiger charge is 2.16. The predicted molar refractivity (Wildman–Crippen MR) is 92.1 cm³/mol. The van der Waals surface area contributed by atoms with E-state index in [1.54, 1.807) is 31.2 Å². The van der Waals surface area contributed by atoms with Crippen LogP contribution in [0.15, 0.2) is 41.5 Å². The maximum atomic E-state index is 12.2. The molecular formula is C18H20N2O4. The Balaban J connectivity index is 2.26. The lowest BCUT2D eigenvalue weighted by atomic mass is 10.1. The number of methoxy groups -OCH3 is 2. The summed E-state index contributed by atoms with van der Waals surface area (Å²) in [7, 11) is 2.92. The van der Waals surface area contributed by atoms with Gasteiger partial charge in [0.05, 0.1) is 19.9 Å². The first-order chi connectivity index (χ1) is 11.5. The molecule has 0 spiro atoms. The maximum Gasteiger partial charge on any atom is 0.271 e. The molecule has 0 saturated carbocycles. The van der Waals surface area contributed by atoms with Gasteiger partial charge in [-0.25, -0.2) is 5.43 Å². The predicted octanol–water partition coefficient (Wildman–Crippen LogP) is 2.87. The Bertz CT molecular complexity index is 785. The number of amides is 1. The van der Waals surface area contributed by atoms with Crippen LogP contribution in [0.5, 0.6) is 17.2 Å². The third-order valence-electron chi connectivity index (χ3n) is 3.62. The van der Waals surface area contributed by atoms with Crippen molar-refractivity contribution in [2.75, 3.05) is 14.2 Å². The topological polar surface area (TPSA) is 80.2 Å². The zero-order valence-electron chi connectivity index (χ0n) is 14.1. The molecule has 0 aliphatic heterocycles. The first-order valence-electron chi connectivity index (χ1n) is 7.34. The Morgan fingerprint density at radius 3 is 2.42 bits per heavy atom. The van der Waals surface area contributed by atoms with Gasteiger partial charge in [0.15, 0.2) is 11.5 Å². The van der Waals surface area contributed by atoms with Crippen LogP contribution in [0.3, 0.4) is 0 Å². The van der Waals surface area contributed by atoms with Gasteiger partial charge >= 0.3 is 0 Å². The van der Waals surface area contributed by atoms with Gasteiger partial charge in [0.2, 0.25) is 5.75 Å². The van der Waals surface area contributed by atoms with Gasteiger partial charge in [-0.15, -0.1) is 0 Å². The molecule has 1 amide bonds. The molecule has 0 aromatic heterocycles. The van der Waals surface area contributed by atoms with Crippen molar-refractivity contribution < 1.29 is 19.4 Å². The fraction of sp³-hybridized carbons (Fsp3) is 0.222. The lowest BCUT2D eigenvalue weighted by molar-refractivity contribution is 0.0954. The van der Waals surface area contributed by atoms with Crippen molar-refractivity contribution in [1.82, 2.24) is 5.43 Å². The molecule has 24 heavy (non-hydrogen) atoms. The van der Waals surface area contributed by atoms with E-state index in [0.29, 0.717) is 22.6 Å². The van der Waals surface area contributed by atoms with Crippen molar-refractivity contribution in [1.29, 1.82) is 0 Å². The highest BCUT2D eigenvalue weighted by molar-refractivity contribution is 6.03. The molecule has 0 aliphatic carbocycles. The Morgan fingerprint density at radius 2 is 1.79 bits per heavy atom. The van der Waals surface area contributed by atoms with Gasteiger partial charge in [-0.1, -0.05) is 18.2 Å². The number of aromatic hydroxyl groups is 1. The van der Waals surface area contributed by atoms with Crippen LogP contribution in [0, 0.1) is 6.92 Å². The molecule has 2 rings (SSSR count). The summed E-state index contributed by atoms with van der Waals surface area (Å²) < 4.78 is 10.3. The third-order valence-corrected chi connectivity index (χ3v) is 3.62. The molecule has 0 radical (unpaired) electrons. The Kier molecular flexibility index (Phi) is 5.42. The zero-order chi connectivity index (χ0) is 17.7. The second-order valence-corrected chi connectivity index (χ2v) is 5.15. The van der Waals surface area contributed by atoms with Gasteiger partial charge < -0.3 is 14.6 Å². The first-order valence-corrected chi connectivity index (χ1v) is 7.34. The van der Waals surface area contributed by atoms with E-state index in [2.05, 4.69) is 10.5 Å². The van der Waals surface area contributed by atoms with Crippen molar-refractivity contribution >= 4 is 11.6 Å². The van der Waals surface area contributed by atoms with Gasteiger partial charge in [-0.2, -0.15) is 5.10 Å². The number of phenols is 1. The van der Waals surface area contributed by atoms with Gasteiger partial charge in [-0.05, 0) is 37.6 Å². The molecule has 0 heterocycles. The summed E-state index contributed by atoms with van der Waals surface area (Å²) in [5.41, 5.74) is 4.78. The van der Waals surface area contributed by atoms with Crippen LogP contribution in [0.25, 0.3) is 0 Å². The van der Waals surface area contributed by atoms with Crippen molar-refractivity contribution in [2.45, 2.75) is 13.8 Å². The van der Waals surface area contributed by atoms with Crippen LogP contribution < -0.4 is 14.9 Å². The fourth-order valence-electron chi connectivity index (χ4n) is 2.29. The van der Waals surface area contributed by atoms with E-state index in [9.17, 15) is 9.90 Å². The molecule has 0 atom stereocenters. The molecule has 126 valence electrons. The number of rotatable bonds is 5. The minimum Gasteiger partial charge on any atom is -0.504 e. The van der Waals surface area contributed by atoms with Crippen LogP contribution in [-0.4, -0.2) is 30.9 Å². The summed E-state index contributed by atoms with van der Waals surface area (Å²) in [6.07, 6.45) is 0. The fourth-order valence-corrected chi connectivity index (χ4v) is 2.29. The van der Waals surface area contributed by atoms with E-state index in [4.69, 9.17) is 9.47 Å². The number of nitrogens with zero attached hydrogens (tertiary/aromatic N) is 1. The third kappa shape index (κ3) is 3.48. The largest absolute Gasteiger partial charge is 0.504 e. The molecule has 6 heteroatoms. The molecule has 2 aromatic rings. The number of phenolic OH excluding ortho intramolecular Hbond substituents is 1. The summed E-state index contributed by atoms with van der Waals surface area (Å²) in [6, 6.07) is 10.5. The average molecular weight is 328 g/mol. The smallest absolute Gasteiger partial charge is 0.271 e. The second-order valence-electron chi connectivity index (χ2n) is 5.15. The van der Waals surface area contributed by atoms with Crippen molar-refractivity contribution in [2.24, 2.45) is 5.10 Å². The number of carbonyl (C=O) groups is 1. The summed E-state index contributed by atoms with van der Waals surface area (Å²) in [5.74, 6) is 0.223. The lowest BCUT2D eigenvalue weighted by Crippen LogP contribution is -2.20. The average Bonchev–Trinajstić information content (AvgIpc) is 2.59. The molecule has 0 unspecified atom stereocenters. The minimum atomic E-state index is -0.313. The van der Waals surface area contributed by atoms with E-state index in [0.717, 1.165) is 5.56 Å². The van der Waals surface area contributed by atoms with Crippen molar-refractivity contribution in [3.63, 3.8) is 0 Å². The molecule has 0 bridgehead atoms. The van der Waals surface area contributed by atoms with Gasteiger partial charge in [0.1, 0.15) is 0 Å². The van der Waals surface area contributed by atoms with Crippen LogP contribution >= 0.6 is 0 Å². The standard InChI is InChI=1S/C18H20N2O4/c1-11-7-5-6-8-13(11)18(22)20-19-12(2)14-9-10-15(23-3)17(24-4)16(14)21/h5-10,21H,1-4H3,(H,20,22). The Labute approximate surface area is 140 Å². The van der Waals surface area contributed by atoms with E-state index < -0.39 is 0 Å². The normalized spacial score (nSPS) is 11.1. The molecule has 0 saturated heterocycles. The van der Waals surface area contributed by atoms with Gasteiger partial charge in [0, 0.05) is 11.1 Å². The number of aryl methyl sites for hydroxylation is 1. The molecule has 0 fully saturated rings. The molecule has 2 aromatic carbocycles. The van der Waals surface area contributed by atoms with E-state index in [1.165, 1.54) is 14.2 Å². The SMILES string of the molecule is COc1ccc(C(C)=NNC(=O)c2ccccc2C)c(O)c1OC. The Hall–Kier alpha value is -3.02. The van der Waals surface area contributed by atoms with E-state index >= 15 is 0 Å². The Morgan fingerprint density at radius 1 is 1.08 bits per heavy atom. The number of hydrazone groups is 1. The van der Waals surface area contributed by atoms with Gasteiger partial charge in [0.25, 0.3) is 5.91 Å². The van der Waals surface area contributed by atoms with Crippen LogP contribution in [0.2, 0.25) is 0 Å². The van der Waals surface area contributed by atoms with Crippen molar-refractivity contribution in [3.8, 4) is 17.2 Å².